The van der Waals surface area contributed by atoms with Gasteiger partial charge in [0.25, 0.3) is 11.5 Å². The smallest absolute Gasteiger partial charge is 0.274 e. The maximum absolute atomic E-state index is 13.4. The molecule has 0 bridgehead atoms. The molecule has 4 aromatic rings. The van der Waals surface area contributed by atoms with Gasteiger partial charge >= 0.3 is 0 Å². The number of rotatable bonds is 4. The van der Waals surface area contributed by atoms with Crippen LogP contribution in [0, 0.1) is 5.82 Å². The van der Waals surface area contributed by atoms with E-state index in [1.54, 1.807) is 18.3 Å². The third-order valence-electron chi connectivity index (χ3n) is 6.94. The lowest BCUT2D eigenvalue weighted by atomic mass is 9.82. The molecule has 1 saturated heterocycles. The van der Waals surface area contributed by atoms with Crippen LogP contribution in [0.3, 0.4) is 0 Å². The summed E-state index contributed by atoms with van der Waals surface area (Å²) < 4.78 is 14.9. The predicted octanol–water partition coefficient (Wildman–Crippen LogP) is 2.89. The molecule has 0 unspecified atom stereocenters. The zero-order valence-electron chi connectivity index (χ0n) is 18.8. The van der Waals surface area contributed by atoms with E-state index in [0.717, 1.165) is 30.4 Å². The number of hydrogen-bond acceptors (Lipinski definition) is 4. The zero-order chi connectivity index (χ0) is 23.4. The highest BCUT2D eigenvalue weighted by Crippen LogP contribution is 2.31. The van der Waals surface area contributed by atoms with E-state index in [0.29, 0.717) is 24.3 Å². The molecule has 0 radical (unpaired) electrons. The first-order chi connectivity index (χ1) is 16.4. The number of hydrogen-bond donors (Lipinski definition) is 2. The van der Waals surface area contributed by atoms with Crippen molar-refractivity contribution in [3.8, 4) is 11.3 Å². The van der Waals surface area contributed by atoms with Crippen LogP contribution < -0.4 is 10.9 Å². The largest absolute Gasteiger partial charge is 0.339 e. The lowest BCUT2D eigenvalue weighted by molar-refractivity contribution is 0.0508. The molecule has 1 aliphatic carbocycles. The molecule has 172 valence electrons. The number of aryl methyl sites for hydroxylation is 2. The van der Waals surface area contributed by atoms with Crippen LogP contribution in [0.25, 0.3) is 16.8 Å². The van der Waals surface area contributed by atoms with Crippen LogP contribution in [-0.4, -0.2) is 45.5 Å². The number of amides is 1. The van der Waals surface area contributed by atoms with Crippen LogP contribution in [0.2, 0.25) is 0 Å². The third kappa shape index (κ3) is 3.42. The molecular weight excluding hydrogens is 433 g/mol. The van der Waals surface area contributed by atoms with Gasteiger partial charge in [0.05, 0.1) is 17.4 Å². The number of benzene rings is 2. The van der Waals surface area contributed by atoms with E-state index in [9.17, 15) is 14.0 Å². The van der Waals surface area contributed by atoms with Crippen LogP contribution >= 0.6 is 0 Å². The average molecular weight is 458 g/mol. The van der Waals surface area contributed by atoms with E-state index in [-0.39, 0.29) is 23.0 Å². The first-order valence-electron chi connectivity index (χ1n) is 11.4. The SMILES string of the molecule is CN1CC(NC(=O)c2cc3c(=O)[nH]c(-c4ccc5c(c4)CCC5)cn3n2)(c2ccc(F)cc2)C1. The molecule has 0 atom stereocenters. The monoisotopic (exact) mass is 457 g/mol. The van der Waals surface area contributed by atoms with Gasteiger partial charge in [-0.3, -0.25) is 9.59 Å². The first kappa shape index (κ1) is 20.8. The van der Waals surface area contributed by atoms with Gasteiger partial charge in [-0.25, -0.2) is 8.91 Å². The molecule has 0 saturated carbocycles. The van der Waals surface area contributed by atoms with Crippen molar-refractivity contribution >= 4 is 11.4 Å². The van der Waals surface area contributed by atoms with Gasteiger partial charge in [-0.2, -0.15) is 5.10 Å². The minimum Gasteiger partial charge on any atom is -0.339 e. The highest BCUT2D eigenvalue weighted by atomic mass is 19.1. The van der Waals surface area contributed by atoms with Crippen LogP contribution in [0.15, 0.2) is 59.5 Å². The van der Waals surface area contributed by atoms with Crippen LogP contribution in [0.4, 0.5) is 4.39 Å². The van der Waals surface area contributed by atoms with Crippen molar-refractivity contribution in [2.75, 3.05) is 20.1 Å². The molecule has 2 aromatic heterocycles. The molecule has 8 heteroatoms. The Kier molecular flexibility index (Phi) is 4.67. The number of aromatic amines is 1. The quantitative estimate of drug-likeness (QED) is 0.494. The zero-order valence-corrected chi connectivity index (χ0v) is 18.8. The second-order valence-electron chi connectivity index (χ2n) is 9.41. The van der Waals surface area contributed by atoms with Crippen LogP contribution in [-0.2, 0) is 18.4 Å². The number of fused-ring (bicyclic) bond motifs is 2. The van der Waals surface area contributed by atoms with Crippen LogP contribution in [0.5, 0.6) is 0 Å². The molecule has 3 heterocycles. The van der Waals surface area contributed by atoms with E-state index in [1.165, 1.54) is 33.8 Å². The summed E-state index contributed by atoms with van der Waals surface area (Å²) in [4.78, 5) is 31.0. The second kappa shape index (κ2) is 7.63. The predicted molar refractivity (Wildman–Crippen MR) is 126 cm³/mol. The van der Waals surface area contributed by atoms with Gasteiger partial charge in [0.1, 0.15) is 11.3 Å². The summed E-state index contributed by atoms with van der Waals surface area (Å²) >= 11 is 0. The lowest BCUT2D eigenvalue weighted by Gasteiger charge is -2.49. The van der Waals surface area contributed by atoms with Crippen molar-refractivity contribution in [3.05, 3.63) is 93.3 Å². The number of likely N-dealkylation sites (tertiary alicyclic amines) is 1. The number of nitrogens with one attached hydrogen (secondary N) is 2. The van der Waals surface area contributed by atoms with Crippen molar-refractivity contribution in [1.29, 1.82) is 0 Å². The topological polar surface area (TPSA) is 82.5 Å². The summed E-state index contributed by atoms with van der Waals surface area (Å²) in [6, 6.07) is 13.9. The van der Waals surface area contributed by atoms with E-state index >= 15 is 0 Å². The van der Waals surface area contributed by atoms with Crippen molar-refractivity contribution in [2.24, 2.45) is 0 Å². The summed E-state index contributed by atoms with van der Waals surface area (Å²) in [5.74, 6) is -0.698. The number of carbonyl (C=O) groups excluding carboxylic acids is 1. The van der Waals surface area contributed by atoms with Gasteiger partial charge in [-0.1, -0.05) is 24.3 Å². The minimum absolute atomic E-state index is 0.160. The number of carbonyl (C=O) groups is 1. The Balaban J connectivity index is 1.32. The van der Waals surface area contributed by atoms with E-state index in [1.807, 2.05) is 13.1 Å². The molecule has 0 spiro atoms. The van der Waals surface area contributed by atoms with E-state index in [4.69, 9.17) is 0 Å². The maximum Gasteiger partial charge on any atom is 0.274 e. The fourth-order valence-electron chi connectivity index (χ4n) is 5.26. The van der Waals surface area contributed by atoms with Crippen molar-refractivity contribution in [2.45, 2.75) is 24.8 Å². The van der Waals surface area contributed by atoms with Gasteiger partial charge in [0.15, 0.2) is 5.69 Å². The molecule has 34 heavy (non-hydrogen) atoms. The van der Waals surface area contributed by atoms with Crippen LogP contribution in [0.1, 0.15) is 33.6 Å². The molecule has 1 fully saturated rings. The maximum atomic E-state index is 13.4. The van der Waals surface area contributed by atoms with E-state index < -0.39 is 5.54 Å². The van der Waals surface area contributed by atoms with Gasteiger partial charge in [0, 0.05) is 19.2 Å². The van der Waals surface area contributed by atoms with Gasteiger partial charge in [0.2, 0.25) is 0 Å². The Hall–Kier alpha value is -3.78. The molecule has 2 N–H and O–H groups in total. The van der Waals surface area contributed by atoms with Gasteiger partial charge in [-0.05, 0) is 66.8 Å². The third-order valence-corrected chi connectivity index (χ3v) is 6.94. The van der Waals surface area contributed by atoms with Gasteiger partial charge in [-0.15, -0.1) is 0 Å². The fraction of sp³-hybridized carbons (Fsp3) is 0.269. The highest BCUT2D eigenvalue weighted by Gasteiger charge is 2.44. The number of likely N-dealkylation sites (N-methyl/N-ethyl adjacent to an activating group) is 1. The van der Waals surface area contributed by atoms with Crippen molar-refractivity contribution in [3.63, 3.8) is 0 Å². The number of nitrogens with zero attached hydrogens (tertiary/aromatic N) is 3. The minimum atomic E-state index is -0.628. The Bertz CT molecular complexity index is 1480. The molecular formula is C26H24FN5O2. The average Bonchev–Trinajstić information content (AvgIpc) is 3.45. The number of aromatic nitrogens is 3. The van der Waals surface area contributed by atoms with Gasteiger partial charge < -0.3 is 15.2 Å². The van der Waals surface area contributed by atoms with Crippen molar-refractivity contribution < 1.29 is 9.18 Å². The Morgan fingerprint density at radius 3 is 2.62 bits per heavy atom. The Labute approximate surface area is 195 Å². The summed E-state index contributed by atoms with van der Waals surface area (Å²) in [5, 5.41) is 7.49. The Morgan fingerprint density at radius 2 is 1.85 bits per heavy atom. The Morgan fingerprint density at radius 1 is 1.09 bits per heavy atom. The highest BCUT2D eigenvalue weighted by molar-refractivity contribution is 5.94. The van der Waals surface area contributed by atoms with Crippen molar-refractivity contribution in [1.82, 2.24) is 24.8 Å². The summed E-state index contributed by atoms with van der Waals surface area (Å²) in [7, 11) is 1.96. The molecule has 1 amide bonds. The summed E-state index contributed by atoms with van der Waals surface area (Å²) in [5.41, 5.74) is 4.63. The molecule has 2 aliphatic rings. The molecule has 2 aromatic carbocycles. The number of H-pyrrole nitrogens is 1. The number of halogens is 1. The first-order valence-corrected chi connectivity index (χ1v) is 11.4. The van der Waals surface area contributed by atoms with E-state index in [2.05, 4.69) is 32.4 Å². The molecule has 7 nitrogen and oxygen atoms in total. The lowest BCUT2D eigenvalue weighted by Crippen LogP contribution is -2.66. The summed E-state index contributed by atoms with van der Waals surface area (Å²) in [6.45, 7) is 1.20. The fourth-order valence-corrected chi connectivity index (χ4v) is 5.26. The molecule has 6 rings (SSSR count). The second-order valence-corrected chi connectivity index (χ2v) is 9.41. The molecule has 1 aliphatic heterocycles. The standard InChI is InChI=1S/C26H24FN5O2/c1-31-14-26(15-31,19-7-9-20(27)10-8-19)29-24(33)21-12-23-25(34)28-22(13-32(23)30-21)18-6-5-16-3-2-4-17(16)11-18/h5-13H,2-4,14-15H2,1H3,(H,28,34)(H,29,33). The summed E-state index contributed by atoms with van der Waals surface area (Å²) in [6.07, 6.45) is 5.04. The normalized spacial score (nSPS) is 16.9.